The fraction of sp³-hybridized carbons (Fsp3) is 0.250. The van der Waals surface area contributed by atoms with E-state index in [0.717, 1.165) is 18.2 Å². The topological polar surface area (TPSA) is 84.9 Å². The van der Waals surface area contributed by atoms with Crippen molar-refractivity contribution in [2.24, 2.45) is 0 Å². The van der Waals surface area contributed by atoms with Crippen molar-refractivity contribution < 1.29 is 32.6 Å². The Morgan fingerprint density at radius 1 is 1.10 bits per heavy atom. The summed E-state index contributed by atoms with van der Waals surface area (Å²) in [4.78, 5) is 38.5. The van der Waals surface area contributed by atoms with Crippen LogP contribution in [0.2, 0.25) is 0 Å². The number of carbonyl (C=O) groups excluding carboxylic acids is 3. The number of nitrogens with zero attached hydrogens (tertiary/aromatic N) is 1. The van der Waals surface area contributed by atoms with Gasteiger partial charge < -0.3 is 14.8 Å². The van der Waals surface area contributed by atoms with Crippen molar-refractivity contribution in [1.82, 2.24) is 10.2 Å². The molecule has 2 aromatic carbocycles. The van der Waals surface area contributed by atoms with Crippen LogP contribution >= 0.6 is 0 Å². The minimum Gasteiger partial charge on any atom is -0.486 e. The molecule has 1 saturated heterocycles. The average Bonchev–Trinajstić information content (AvgIpc) is 2.93. The number of carbonyl (C=O) groups is 3. The lowest BCUT2D eigenvalue weighted by Crippen LogP contribution is -2.42. The zero-order chi connectivity index (χ0) is 20.8. The molecule has 0 radical (unpaired) electrons. The van der Waals surface area contributed by atoms with E-state index in [2.05, 4.69) is 5.32 Å². The molecule has 1 atom stereocenters. The van der Waals surface area contributed by atoms with E-state index in [1.165, 1.54) is 19.1 Å². The molecule has 1 fully saturated rings. The van der Waals surface area contributed by atoms with E-state index >= 15 is 0 Å². The molecule has 1 N–H and O–H groups in total. The zero-order valence-corrected chi connectivity index (χ0v) is 15.3. The molecule has 9 heteroatoms. The Morgan fingerprint density at radius 2 is 1.83 bits per heavy atom. The molecule has 2 aromatic rings. The van der Waals surface area contributed by atoms with Gasteiger partial charge in [-0.1, -0.05) is 0 Å². The van der Waals surface area contributed by atoms with Gasteiger partial charge in [-0.05, 0) is 43.3 Å². The Kier molecular flexibility index (Phi) is 4.45. The highest BCUT2D eigenvalue weighted by atomic mass is 19.1. The normalized spacial score (nSPS) is 20.6. The van der Waals surface area contributed by atoms with Gasteiger partial charge in [0.15, 0.2) is 17.3 Å². The van der Waals surface area contributed by atoms with Gasteiger partial charge in [0.25, 0.3) is 5.91 Å². The number of halogens is 2. The second-order valence-electron chi connectivity index (χ2n) is 6.85. The van der Waals surface area contributed by atoms with Crippen LogP contribution < -0.4 is 14.8 Å². The molecule has 29 heavy (non-hydrogen) atoms. The van der Waals surface area contributed by atoms with Gasteiger partial charge in [-0.2, -0.15) is 0 Å². The van der Waals surface area contributed by atoms with Crippen molar-refractivity contribution in [2.75, 3.05) is 19.8 Å². The lowest BCUT2D eigenvalue weighted by Gasteiger charge is -2.23. The van der Waals surface area contributed by atoms with Gasteiger partial charge in [0.1, 0.15) is 30.4 Å². The number of Topliss-reactive ketones (excluding diaryl/α,β-unsaturated/α-hetero) is 1. The molecule has 3 amide bonds. The molecule has 0 bridgehead atoms. The van der Waals surface area contributed by atoms with Crippen molar-refractivity contribution in [2.45, 2.75) is 12.5 Å². The summed E-state index contributed by atoms with van der Waals surface area (Å²) in [7, 11) is 0. The predicted octanol–water partition coefficient (Wildman–Crippen LogP) is 2.39. The maximum absolute atomic E-state index is 14.2. The Balaban J connectivity index is 1.58. The van der Waals surface area contributed by atoms with Gasteiger partial charge >= 0.3 is 6.03 Å². The highest BCUT2D eigenvalue weighted by Gasteiger charge is 2.50. The van der Waals surface area contributed by atoms with Crippen molar-refractivity contribution in [3.63, 3.8) is 0 Å². The first-order valence-electron chi connectivity index (χ1n) is 8.82. The molecular weight excluding hydrogens is 386 g/mol. The van der Waals surface area contributed by atoms with Crippen LogP contribution in [0, 0.1) is 11.6 Å². The van der Waals surface area contributed by atoms with Crippen LogP contribution in [0.15, 0.2) is 36.4 Å². The smallest absolute Gasteiger partial charge is 0.325 e. The number of nitrogens with one attached hydrogen (secondary N) is 1. The van der Waals surface area contributed by atoms with Crippen LogP contribution in [0.1, 0.15) is 22.8 Å². The van der Waals surface area contributed by atoms with Crippen molar-refractivity contribution in [1.29, 1.82) is 0 Å². The van der Waals surface area contributed by atoms with Crippen molar-refractivity contribution in [3.05, 3.63) is 59.2 Å². The minimum absolute atomic E-state index is 0.223. The second kappa shape index (κ2) is 6.84. The van der Waals surface area contributed by atoms with Crippen molar-refractivity contribution in [3.8, 4) is 11.5 Å². The molecule has 4 rings (SSSR count). The largest absolute Gasteiger partial charge is 0.486 e. The molecular formula is C20H16F2N2O5. The predicted molar refractivity (Wildman–Crippen MR) is 95.7 cm³/mol. The number of hydrogen-bond donors (Lipinski definition) is 1. The molecule has 2 aliphatic heterocycles. The summed E-state index contributed by atoms with van der Waals surface area (Å²) in [5, 5.41) is 2.36. The highest BCUT2D eigenvalue weighted by molar-refractivity contribution is 6.11. The lowest BCUT2D eigenvalue weighted by molar-refractivity contribution is -0.130. The summed E-state index contributed by atoms with van der Waals surface area (Å²) in [5.74, 6) is -2.08. The standard InChI is InChI=1S/C20H16F2N2O5/c1-20(13-9-12(21)3-4-14(13)22)18(26)24(19(27)23-20)10-15(25)11-2-5-16-17(8-11)29-7-6-28-16/h2-5,8-9H,6-7,10H2,1H3,(H,23,27). The summed E-state index contributed by atoms with van der Waals surface area (Å²) in [5.41, 5.74) is -1.92. The monoisotopic (exact) mass is 402 g/mol. The Morgan fingerprint density at radius 3 is 2.59 bits per heavy atom. The quantitative estimate of drug-likeness (QED) is 0.627. The lowest BCUT2D eigenvalue weighted by atomic mass is 9.91. The summed E-state index contributed by atoms with van der Waals surface area (Å²) < 4.78 is 38.6. The van der Waals surface area contributed by atoms with Gasteiger partial charge in [0.05, 0.1) is 6.54 Å². The Labute approximate surface area is 164 Å². The first-order chi connectivity index (χ1) is 13.8. The molecule has 1 unspecified atom stereocenters. The van der Waals surface area contributed by atoms with E-state index in [4.69, 9.17) is 9.47 Å². The molecule has 0 saturated carbocycles. The molecule has 2 heterocycles. The van der Waals surface area contributed by atoms with E-state index in [1.807, 2.05) is 0 Å². The number of amides is 3. The van der Waals surface area contributed by atoms with E-state index in [0.29, 0.717) is 29.6 Å². The third-order valence-corrected chi connectivity index (χ3v) is 4.91. The summed E-state index contributed by atoms with van der Waals surface area (Å²) >= 11 is 0. The van der Waals surface area contributed by atoms with Crippen LogP contribution in [-0.4, -0.2) is 42.4 Å². The number of hydrogen-bond acceptors (Lipinski definition) is 5. The van der Waals surface area contributed by atoms with Crippen LogP contribution in [0.4, 0.5) is 13.6 Å². The maximum atomic E-state index is 14.2. The zero-order valence-electron chi connectivity index (χ0n) is 15.3. The van der Waals surface area contributed by atoms with Crippen LogP contribution in [0.3, 0.4) is 0 Å². The summed E-state index contributed by atoms with van der Waals surface area (Å²) in [6.45, 7) is 1.45. The molecule has 0 aliphatic carbocycles. The number of ketones is 1. The number of imide groups is 1. The van der Waals surface area contributed by atoms with Gasteiger partial charge in [-0.3, -0.25) is 14.5 Å². The Bertz CT molecular complexity index is 1040. The highest BCUT2D eigenvalue weighted by Crippen LogP contribution is 2.33. The molecule has 150 valence electrons. The number of urea groups is 1. The number of benzene rings is 2. The number of fused-ring (bicyclic) bond motifs is 1. The van der Waals surface area contributed by atoms with Gasteiger partial charge in [0.2, 0.25) is 0 Å². The van der Waals surface area contributed by atoms with Crippen molar-refractivity contribution >= 4 is 17.7 Å². The summed E-state index contributed by atoms with van der Waals surface area (Å²) in [6.07, 6.45) is 0. The third-order valence-electron chi connectivity index (χ3n) is 4.91. The Hall–Kier alpha value is -3.49. The van der Waals surface area contributed by atoms with Gasteiger partial charge in [0, 0.05) is 11.1 Å². The molecule has 7 nitrogen and oxygen atoms in total. The van der Waals surface area contributed by atoms with E-state index < -0.39 is 41.4 Å². The first-order valence-corrected chi connectivity index (χ1v) is 8.82. The summed E-state index contributed by atoms with van der Waals surface area (Å²) in [6, 6.07) is 6.30. The van der Waals surface area contributed by atoms with E-state index in [9.17, 15) is 23.2 Å². The molecule has 0 spiro atoms. The molecule has 0 aromatic heterocycles. The fourth-order valence-electron chi connectivity index (χ4n) is 3.36. The van der Waals surface area contributed by atoms with E-state index in [1.54, 1.807) is 6.07 Å². The van der Waals surface area contributed by atoms with Crippen LogP contribution in [0.5, 0.6) is 11.5 Å². The van der Waals surface area contributed by atoms with E-state index in [-0.39, 0.29) is 11.1 Å². The van der Waals surface area contributed by atoms with Gasteiger partial charge in [-0.15, -0.1) is 0 Å². The number of rotatable bonds is 4. The third kappa shape index (κ3) is 3.18. The SMILES string of the molecule is CC1(c2cc(F)ccc2F)NC(=O)N(CC(=O)c2ccc3c(c2)OCCO3)C1=O. The minimum atomic E-state index is -1.82. The van der Waals surface area contributed by atoms with Crippen LogP contribution in [0.25, 0.3) is 0 Å². The molecule has 2 aliphatic rings. The average molecular weight is 402 g/mol. The van der Waals surface area contributed by atoms with Crippen LogP contribution in [-0.2, 0) is 10.3 Å². The number of ether oxygens (including phenoxy) is 2. The first kappa shape index (κ1) is 18.9. The van der Waals surface area contributed by atoms with Gasteiger partial charge in [-0.25, -0.2) is 13.6 Å². The fourth-order valence-corrected chi connectivity index (χ4v) is 3.36. The maximum Gasteiger partial charge on any atom is 0.325 e. The second-order valence-corrected chi connectivity index (χ2v) is 6.85.